The topological polar surface area (TPSA) is 66.9 Å². The Morgan fingerprint density at radius 2 is 2.00 bits per heavy atom. The van der Waals surface area contributed by atoms with Crippen LogP contribution in [0.15, 0.2) is 16.5 Å². The molecule has 0 radical (unpaired) electrons. The van der Waals surface area contributed by atoms with Crippen molar-refractivity contribution in [2.45, 2.75) is 38.8 Å². The summed E-state index contributed by atoms with van der Waals surface area (Å²) in [5.41, 5.74) is 6.11. The number of aryl methyl sites for hydroxylation is 1. The van der Waals surface area contributed by atoms with E-state index in [9.17, 15) is 0 Å². The molecule has 0 aliphatic rings. The van der Waals surface area contributed by atoms with Crippen LogP contribution in [-0.2, 0) is 14.2 Å². The zero-order valence-corrected chi connectivity index (χ0v) is 12.8. The second-order valence-electron chi connectivity index (χ2n) is 4.77. The van der Waals surface area contributed by atoms with Crippen molar-refractivity contribution in [2.75, 3.05) is 33.5 Å². The molecule has 0 spiro atoms. The van der Waals surface area contributed by atoms with Gasteiger partial charge in [-0.2, -0.15) is 0 Å². The summed E-state index contributed by atoms with van der Waals surface area (Å²) in [7, 11) is 1.66. The van der Waals surface area contributed by atoms with Crippen molar-refractivity contribution in [3.05, 3.63) is 23.7 Å². The first-order valence-electron chi connectivity index (χ1n) is 7.19. The molecule has 0 bridgehead atoms. The molecular weight excluding hydrogens is 258 g/mol. The lowest BCUT2D eigenvalue weighted by Gasteiger charge is -2.21. The summed E-state index contributed by atoms with van der Waals surface area (Å²) < 4.78 is 21.8. The van der Waals surface area contributed by atoms with E-state index in [2.05, 4.69) is 0 Å². The van der Waals surface area contributed by atoms with Crippen LogP contribution in [0.5, 0.6) is 0 Å². The van der Waals surface area contributed by atoms with Crippen LogP contribution in [0.4, 0.5) is 0 Å². The summed E-state index contributed by atoms with van der Waals surface area (Å²) in [6.07, 6.45) is 1.48. The molecule has 0 amide bonds. The minimum Gasteiger partial charge on any atom is -0.464 e. The SMILES string of the molecule is CCC(N)C(OCCCOCCOC)c1ccc(C)o1. The van der Waals surface area contributed by atoms with Crippen molar-refractivity contribution >= 4 is 0 Å². The smallest absolute Gasteiger partial charge is 0.134 e. The highest BCUT2D eigenvalue weighted by molar-refractivity contribution is 5.10. The Kier molecular flexibility index (Phi) is 8.53. The van der Waals surface area contributed by atoms with Gasteiger partial charge in [0.1, 0.15) is 17.6 Å². The van der Waals surface area contributed by atoms with E-state index in [-0.39, 0.29) is 12.1 Å². The van der Waals surface area contributed by atoms with Crippen LogP contribution < -0.4 is 5.73 Å². The van der Waals surface area contributed by atoms with Crippen molar-refractivity contribution in [1.82, 2.24) is 0 Å². The van der Waals surface area contributed by atoms with Crippen LogP contribution in [0.25, 0.3) is 0 Å². The van der Waals surface area contributed by atoms with E-state index in [1.54, 1.807) is 7.11 Å². The third kappa shape index (κ3) is 6.05. The average Bonchev–Trinajstić information content (AvgIpc) is 2.87. The Bertz CT molecular complexity index is 353. The molecule has 5 nitrogen and oxygen atoms in total. The zero-order valence-electron chi connectivity index (χ0n) is 12.8. The molecular formula is C15H27NO4. The van der Waals surface area contributed by atoms with E-state index in [0.717, 1.165) is 24.4 Å². The van der Waals surface area contributed by atoms with E-state index < -0.39 is 0 Å². The van der Waals surface area contributed by atoms with E-state index >= 15 is 0 Å². The van der Waals surface area contributed by atoms with Gasteiger partial charge in [0.05, 0.1) is 13.2 Å². The maximum atomic E-state index is 6.11. The molecule has 1 rings (SSSR count). The summed E-state index contributed by atoms with van der Waals surface area (Å²) in [4.78, 5) is 0. The second-order valence-corrected chi connectivity index (χ2v) is 4.77. The number of hydrogen-bond acceptors (Lipinski definition) is 5. The molecule has 2 atom stereocenters. The standard InChI is InChI=1S/C15H27NO4/c1-4-13(16)15(14-7-6-12(2)20-14)19-9-5-8-18-11-10-17-3/h6-7,13,15H,4-5,8-11,16H2,1-3H3. The molecule has 2 unspecified atom stereocenters. The molecule has 1 aromatic heterocycles. The van der Waals surface area contributed by atoms with Gasteiger partial charge in [-0.05, 0) is 31.9 Å². The Balaban J connectivity index is 2.31. The fraction of sp³-hybridized carbons (Fsp3) is 0.733. The summed E-state index contributed by atoms with van der Waals surface area (Å²) in [5, 5.41) is 0. The monoisotopic (exact) mass is 285 g/mol. The molecule has 116 valence electrons. The van der Waals surface area contributed by atoms with Gasteiger partial charge in [0.2, 0.25) is 0 Å². The van der Waals surface area contributed by atoms with Crippen LogP contribution in [0.3, 0.4) is 0 Å². The maximum absolute atomic E-state index is 6.11. The minimum absolute atomic E-state index is 0.0602. The first kappa shape index (κ1) is 17.2. The van der Waals surface area contributed by atoms with Gasteiger partial charge in [0, 0.05) is 26.4 Å². The molecule has 5 heteroatoms. The Labute approximate surface area is 121 Å². The number of hydrogen-bond donors (Lipinski definition) is 1. The van der Waals surface area contributed by atoms with Crippen molar-refractivity contribution in [1.29, 1.82) is 0 Å². The first-order valence-corrected chi connectivity index (χ1v) is 7.19. The van der Waals surface area contributed by atoms with E-state index in [4.69, 9.17) is 24.4 Å². The highest BCUT2D eigenvalue weighted by atomic mass is 16.5. The molecule has 1 heterocycles. The first-order chi connectivity index (χ1) is 9.69. The van der Waals surface area contributed by atoms with Gasteiger partial charge in [0.15, 0.2) is 0 Å². The lowest BCUT2D eigenvalue weighted by atomic mass is 10.1. The van der Waals surface area contributed by atoms with Crippen molar-refractivity contribution in [2.24, 2.45) is 5.73 Å². The lowest BCUT2D eigenvalue weighted by molar-refractivity contribution is 0.00104. The molecule has 0 saturated heterocycles. The Morgan fingerprint density at radius 3 is 2.60 bits per heavy atom. The van der Waals surface area contributed by atoms with Gasteiger partial charge in [-0.3, -0.25) is 0 Å². The second kappa shape index (κ2) is 9.94. The quantitative estimate of drug-likeness (QED) is 0.632. The van der Waals surface area contributed by atoms with Crippen LogP contribution in [-0.4, -0.2) is 39.6 Å². The molecule has 0 fully saturated rings. The predicted molar refractivity (Wildman–Crippen MR) is 77.7 cm³/mol. The molecule has 2 N–H and O–H groups in total. The Hall–Kier alpha value is -0.880. The maximum Gasteiger partial charge on any atom is 0.134 e. The van der Waals surface area contributed by atoms with Crippen molar-refractivity contribution < 1.29 is 18.6 Å². The highest BCUT2D eigenvalue weighted by Gasteiger charge is 2.22. The lowest BCUT2D eigenvalue weighted by Crippen LogP contribution is -2.29. The molecule has 20 heavy (non-hydrogen) atoms. The molecule has 0 aliphatic heterocycles. The molecule has 1 aromatic rings. The largest absolute Gasteiger partial charge is 0.464 e. The number of furan rings is 1. The van der Waals surface area contributed by atoms with Gasteiger partial charge in [-0.15, -0.1) is 0 Å². The minimum atomic E-state index is -0.187. The number of methoxy groups -OCH3 is 1. The van der Waals surface area contributed by atoms with Crippen molar-refractivity contribution in [3.63, 3.8) is 0 Å². The Morgan fingerprint density at radius 1 is 1.20 bits per heavy atom. The molecule has 0 aromatic carbocycles. The number of nitrogens with two attached hydrogens (primary N) is 1. The van der Waals surface area contributed by atoms with Crippen LogP contribution >= 0.6 is 0 Å². The number of ether oxygens (including phenoxy) is 3. The highest BCUT2D eigenvalue weighted by Crippen LogP contribution is 2.24. The van der Waals surface area contributed by atoms with Crippen LogP contribution in [0.2, 0.25) is 0 Å². The molecule has 0 aliphatic carbocycles. The summed E-state index contributed by atoms with van der Waals surface area (Å²) in [5.74, 6) is 1.68. The third-order valence-electron chi connectivity index (χ3n) is 3.06. The van der Waals surface area contributed by atoms with E-state index in [1.807, 2.05) is 26.0 Å². The van der Waals surface area contributed by atoms with Crippen LogP contribution in [0, 0.1) is 6.92 Å². The van der Waals surface area contributed by atoms with Gasteiger partial charge in [-0.25, -0.2) is 0 Å². The van der Waals surface area contributed by atoms with Gasteiger partial charge >= 0.3 is 0 Å². The van der Waals surface area contributed by atoms with E-state index in [0.29, 0.717) is 26.4 Å². The third-order valence-corrected chi connectivity index (χ3v) is 3.06. The summed E-state index contributed by atoms with van der Waals surface area (Å²) in [6, 6.07) is 3.81. The number of rotatable bonds is 11. The van der Waals surface area contributed by atoms with Gasteiger partial charge in [-0.1, -0.05) is 6.92 Å². The fourth-order valence-electron chi connectivity index (χ4n) is 1.85. The normalized spacial score (nSPS) is 14.4. The van der Waals surface area contributed by atoms with Crippen LogP contribution in [0.1, 0.15) is 37.4 Å². The predicted octanol–water partition coefficient (Wildman–Crippen LogP) is 2.44. The van der Waals surface area contributed by atoms with Gasteiger partial charge < -0.3 is 24.4 Å². The van der Waals surface area contributed by atoms with E-state index in [1.165, 1.54) is 0 Å². The van der Waals surface area contributed by atoms with Gasteiger partial charge in [0.25, 0.3) is 0 Å². The zero-order chi connectivity index (χ0) is 14.8. The fourth-order valence-corrected chi connectivity index (χ4v) is 1.85. The molecule has 0 saturated carbocycles. The van der Waals surface area contributed by atoms with Crippen molar-refractivity contribution in [3.8, 4) is 0 Å². The average molecular weight is 285 g/mol. The summed E-state index contributed by atoms with van der Waals surface area (Å²) >= 11 is 0. The summed E-state index contributed by atoms with van der Waals surface area (Å²) in [6.45, 7) is 6.47.